The largest absolute Gasteiger partial charge is 0.425 e. The number of ether oxygens (including phenoxy) is 1. The Morgan fingerprint density at radius 1 is 0.867 bits per heavy atom. The summed E-state index contributed by atoms with van der Waals surface area (Å²) in [4.78, 5) is 0. The molecule has 30 heavy (non-hydrogen) atoms. The van der Waals surface area contributed by atoms with Crippen LogP contribution in [0.15, 0.2) is 0 Å². The lowest BCUT2D eigenvalue weighted by molar-refractivity contribution is -0.335. The van der Waals surface area contributed by atoms with Crippen molar-refractivity contribution in [1.82, 2.24) is 0 Å². The van der Waals surface area contributed by atoms with Crippen molar-refractivity contribution in [3.63, 3.8) is 0 Å². The molecule has 0 aromatic carbocycles. The second-order valence-electron chi connectivity index (χ2n) is 9.60. The highest BCUT2D eigenvalue weighted by Gasteiger charge is 2.83. The van der Waals surface area contributed by atoms with Crippen molar-refractivity contribution >= 4 is 0 Å². The summed E-state index contributed by atoms with van der Waals surface area (Å²) >= 11 is 0. The Morgan fingerprint density at radius 3 is 1.77 bits per heavy atom. The summed E-state index contributed by atoms with van der Waals surface area (Å²) in [6.45, 7) is 4.42. The van der Waals surface area contributed by atoms with Crippen molar-refractivity contribution in [3.8, 4) is 0 Å². The minimum absolute atomic E-state index is 0.0709. The van der Waals surface area contributed by atoms with Gasteiger partial charge in [-0.1, -0.05) is 13.8 Å². The second kappa shape index (κ2) is 6.91. The Bertz CT molecular complexity index is 659. The van der Waals surface area contributed by atoms with E-state index in [0.717, 1.165) is 19.8 Å². The molecule has 4 aliphatic rings. The van der Waals surface area contributed by atoms with Gasteiger partial charge >= 0.3 is 18.3 Å². The molecule has 4 bridgehead atoms. The second-order valence-corrected chi connectivity index (χ2v) is 9.60. The Balaban J connectivity index is 0.000000171. The average molecular weight is 454 g/mol. The summed E-state index contributed by atoms with van der Waals surface area (Å²) in [5.41, 5.74) is -6.52. The third-order valence-electron chi connectivity index (χ3n) is 7.68. The first-order valence-electron chi connectivity index (χ1n) is 9.97. The molecule has 11 heteroatoms. The smallest absolute Gasteiger partial charge is 0.380 e. The first-order valence-corrected chi connectivity index (χ1v) is 9.97. The zero-order valence-corrected chi connectivity index (χ0v) is 16.7. The van der Waals surface area contributed by atoms with E-state index in [-0.39, 0.29) is 12.3 Å². The lowest BCUT2D eigenvalue weighted by atomic mass is 9.74. The van der Waals surface area contributed by atoms with Crippen molar-refractivity contribution in [2.24, 2.45) is 29.6 Å². The van der Waals surface area contributed by atoms with Crippen LogP contribution in [0, 0.1) is 29.6 Å². The molecule has 0 amide bonds. The molecule has 2 heterocycles. The Hall–Kier alpha value is -0.680. The third-order valence-corrected chi connectivity index (χ3v) is 7.68. The molecule has 4 rings (SSSR count). The van der Waals surface area contributed by atoms with E-state index in [1.807, 2.05) is 0 Å². The van der Waals surface area contributed by atoms with Gasteiger partial charge in [0.05, 0.1) is 0 Å². The van der Waals surface area contributed by atoms with E-state index in [1.165, 1.54) is 6.92 Å². The van der Waals surface area contributed by atoms with Crippen molar-refractivity contribution in [3.05, 3.63) is 0 Å². The van der Waals surface area contributed by atoms with Crippen LogP contribution in [0.5, 0.6) is 0 Å². The van der Waals surface area contributed by atoms with Gasteiger partial charge in [-0.15, -0.1) is 0 Å². The van der Waals surface area contributed by atoms with E-state index < -0.39 is 53.5 Å². The summed E-state index contributed by atoms with van der Waals surface area (Å²) in [5, 5.41) is 18.8. The Labute approximate surface area is 168 Å². The minimum atomic E-state index is -5.38. The van der Waals surface area contributed by atoms with Gasteiger partial charge in [-0.05, 0) is 62.2 Å². The molecule has 0 radical (unpaired) electrons. The van der Waals surface area contributed by atoms with Crippen LogP contribution in [0.4, 0.5) is 35.1 Å². The molecule has 2 saturated carbocycles. The van der Waals surface area contributed by atoms with Crippen molar-refractivity contribution in [2.75, 3.05) is 0 Å². The molecule has 9 atom stereocenters. The first-order chi connectivity index (χ1) is 13.4. The molecule has 7 unspecified atom stereocenters. The molecule has 0 aromatic rings. The number of hydrogen-bond donors (Lipinski definition) is 2. The quantitative estimate of drug-likeness (QED) is 0.565. The van der Waals surface area contributed by atoms with E-state index in [1.54, 1.807) is 0 Å². The normalized spacial score (nSPS) is 46.5. The fourth-order valence-electron chi connectivity index (χ4n) is 5.80. The van der Waals surface area contributed by atoms with Crippen LogP contribution in [0.3, 0.4) is 0 Å². The van der Waals surface area contributed by atoms with E-state index in [9.17, 15) is 40.2 Å². The Kier molecular flexibility index (Phi) is 5.52. The van der Waals surface area contributed by atoms with Crippen LogP contribution in [0.1, 0.15) is 46.5 Å². The van der Waals surface area contributed by atoms with Crippen LogP contribution in [-0.4, -0.2) is 51.9 Å². The zero-order valence-electron chi connectivity index (χ0n) is 16.7. The van der Waals surface area contributed by atoms with E-state index in [2.05, 4.69) is 11.7 Å². The van der Waals surface area contributed by atoms with Gasteiger partial charge in [-0.2, -0.15) is 35.1 Å². The van der Waals surface area contributed by atoms with E-state index >= 15 is 0 Å². The molecule has 176 valence electrons. The molecule has 2 saturated heterocycles. The molecule has 0 aromatic heterocycles. The lowest BCUT2D eigenvalue weighted by Gasteiger charge is -2.39. The topological polar surface area (TPSA) is 49.7 Å². The zero-order chi connectivity index (χ0) is 23.1. The van der Waals surface area contributed by atoms with Crippen molar-refractivity contribution < 1.29 is 50.1 Å². The summed E-state index contributed by atoms with van der Waals surface area (Å²) in [5.74, 6) is -4.52. The maximum Gasteiger partial charge on any atom is 0.425 e. The van der Waals surface area contributed by atoms with Crippen LogP contribution in [0.2, 0.25) is 0 Å². The van der Waals surface area contributed by atoms with Crippen LogP contribution in [0.25, 0.3) is 0 Å². The number of hydrogen-bond acceptors (Lipinski definition) is 3. The molecular weight excluding hydrogens is 428 g/mol. The molecule has 2 N–H and O–H groups in total. The monoisotopic (exact) mass is 454 g/mol. The standard InChI is InChI=1S/C11H17F3O.C8H9F5O2/c1-6-3-8-4-7(6)5-9(8)10(2,15)11(12,13)14;1-3-2-4-6(14,8(11,12)13)7(9,10)5(3)15-4/h6-9,15H,3-5H2,1-2H3;3-5,14H,2H2,1H3/t6-,7?,8?,9?,10?;3-,4?,5?,6?/m11/s1. The van der Waals surface area contributed by atoms with Gasteiger partial charge < -0.3 is 14.9 Å². The number of fused-ring (bicyclic) bond motifs is 4. The minimum Gasteiger partial charge on any atom is -0.380 e. The maximum absolute atomic E-state index is 13.3. The summed E-state index contributed by atoms with van der Waals surface area (Å²) in [7, 11) is 0. The van der Waals surface area contributed by atoms with Gasteiger partial charge in [0.15, 0.2) is 5.60 Å². The average Bonchev–Trinajstić information content (AvgIpc) is 3.28. The molecular formula is C19H26F8O3. The fourth-order valence-corrected chi connectivity index (χ4v) is 5.80. The SMILES string of the molecule is C[C@@H]1CC2CC1CC2C(C)(O)C(F)(F)F.C[C@@H]1CC2OC1C(F)(F)C2(O)C(F)(F)F. The van der Waals surface area contributed by atoms with E-state index in [4.69, 9.17) is 5.11 Å². The number of rotatable bonds is 1. The van der Waals surface area contributed by atoms with Gasteiger partial charge in [0.1, 0.15) is 12.2 Å². The van der Waals surface area contributed by atoms with Gasteiger partial charge in [0.2, 0.25) is 0 Å². The summed E-state index contributed by atoms with van der Waals surface area (Å²) in [6, 6.07) is 0. The van der Waals surface area contributed by atoms with Gasteiger partial charge in [0, 0.05) is 0 Å². The number of halogens is 8. The highest BCUT2D eigenvalue weighted by molar-refractivity contribution is 5.18. The lowest BCUT2D eigenvalue weighted by Crippen LogP contribution is -2.66. The predicted molar refractivity (Wildman–Crippen MR) is 88.6 cm³/mol. The fraction of sp³-hybridized carbons (Fsp3) is 1.00. The molecule has 3 nitrogen and oxygen atoms in total. The molecule has 2 aliphatic carbocycles. The molecule has 0 spiro atoms. The number of alkyl halides is 8. The molecule has 2 aliphatic heterocycles. The Morgan fingerprint density at radius 2 is 1.43 bits per heavy atom. The van der Waals surface area contributed by atoms with Crippen LogP contribution in [-0.2, 0) is 4.74 Å². The van der Waals surface area contributed by atoms with Crippen molar-refractivity contribution in [2.45, 2.75) is 88.1 Å². The van der Waals surface area contributed by atoms with Crippen LogP contribution < -0.4 is 0 Å². The number of aliphatic hydroxyl groups is 2. The van der Waals surface area contributed by atoms with Gasteiger partial charge in [-0.25, -0.2) is 0 Å². The predicted octanol–water partition coefficient (Wildman–Crippen LogP) is 4.70. The van der Waals surface area contributed by atoms with Crippen molar-refractivity contribution in [1.29, 1.82) is 0 Å². The van der Waals surface area contributed by atoms with E-state index in [0.29, 0.717) is 18.3 Å². The summed E-state index contributed by atoms with van der Waals surface area (Å²) < 4.78 is 106. The van der Waals surface area contributed by atoms with Gasteiger partial charge in [-0.3, -0.25) is 0 Å². The third kappa shape index (κ3) is 3.25. The first kappa shape index (κ1) is 24.0. The summed E-state index contributed by atoms with van der Waals surface area (Å²) in [6.07, 6.45) is -11.5. The highest BCUT2D eigenvalue weighted by atomic mass is 19.4. The van der Waals surface area contributed by atoms with Gasteiger partial charge in [0.25, 0.3) is 5.60 Å². The maximum atomic E-state index is 13.3. The molecule has 4 fully saturated rings. The highest BCUT2D eigenvalue weighted by Crippen LogP contribution is 2.60. The van der Waals surface area contributed by atoms with Crippen LogP contribution >= 0.6 is 0 Å².